The topological polar surface area (TPSA) is 47.6 Å². The molecule has 0 saturated heterocycles. The van der Waals surface area contributed by atoms with Crippen molar-refractivity contribution in [3.05, 3.63) is 59.2 Å². The molecule has 1 N–H and O–H groups in total. The van der Waals surface area contributed by atoms with Crippen molar-refractivity contribution in [2.45, 2.75) is 46.5 Å². The van der Waals surface area contributed by atoms with Gasteiger partial charge in [-0.15, -0.1) is 0 Å². The summed E-state index contributed by atoms with van der Waals surface area (Å²) in [7, 11) is 0. The molecule has 0 aliphatic heterocycles. The van der Waals surface area contributed by atoms with E-state index >= 15 is 0 Å². The highest BCUT2D eigenvalue weighted by atomic mass is 16.5. The SMILES string of the molecule is CCOc1ccc(CCC(=O)NCCCc2ccc(C)cc2)cc1OCC. The van der Waals surface area contributed by atoms with Crippen LogP contribution in [0.2, 0.25) is 0 Å². The Morgan fingerprint density at radius 2 is 1.56 bits per heavy atom. The van der Waals surface area contributed by atoms with E-state index in [1.165, 1.54) is 11.1 Å². The first-order valence-corrected chi connectivity index (χ1v) is 9.83. The van der Waals surface area contributed by atoms with Gasteiger partial charge in [-0.1, -0.05) is 35.9 Å². The molecule has 27 heavy (non-hydrogen) atoms. The van der Waals surface area contributed by atoms with Crippen molar-refractivity contribution in [2.75, 3.05) is 19.8 Å². The fraction of sp³-hybridized carbons (Fsp3) is 0.435. The first-order chi connectivity index (χ1) is 13.1. The second kappa shape index (κ2) is 11.3. The van der Waals surface area contributed by atoms with Gasteiger partial charge in [0.15, 0.2) is 11.5 Å². The molecule has 2 aromatic rings. The molecule has 0 unspecified atom stereocenters. The first kappa shape index (κ1) is 20.8. The van der Waals surface area contributed by atoms with Crippen molar-refractivity contribution in [3.8, 4) is 11.5 Å². The van der Waals surface area contributed by atoms with Crippen molar-refractivity contribution in [2.24, 2.45) is 0 Å². The Balaban J connectivity index is 1.73. The lowest BCUT2D eigenvalue weighted by Gasteiger charge is -2.12. The van der Waals surface area contributed by atoms with Gasteiger partial charge in [-0.05, 0) is 63.3 Å². The molecule has 2 aromatic carbocycles. The number of hydrogen-bond acceptors (Lipinski definition) is 3. The molecule has 2 rings (SSSR count). The average Bonchev–Trinajstić information content (AvgIpc) is 2.67. The molecule has 0 fully saturated rings. The highest BCUT2D eigenvalue weighted by Gasteiger charge is 2.08. The maximum absolute atomic E-state index is 12.1. The monoisotopic (exact) mass is 369 g/mol. The van der Waals surface area contributed by atoms with Crippen LogP contribution in [0.3, 0.4) is 0 Å². The summed E-state index contributed by atoms with van der Waals surface area (Å²) in [6.07, 6.45) is 3.10. The summed E-state index contributed by atoms with van der Waals surface area (Å²) in [6, 6.07) is 14.4. The van der Waals surface area contributed by atoms with Gasteiger partial charge in [0.2, 0.25) is 5.91 Å². The molecule has 0 bridgehead atoms. The standard InChI is InChI=1S/C23H31NO3/c1-4-26-21-14-12-20(17-22(21)27-5-2)13-15-23(25)24-16-6-7-19-10-8-18(3)9-11-19/h8-12,14,17H,4-7,13,15-16H2,1-3H3,(H,24,25). The molecular weight excluding hydrogens is 338 g/mol. The van der Waals surface area contributed by atoms with Crippen molar-refractivity contribution in [1.82, 2.24) is 5.32 Å². The van der Waals surface area contributed by atoms with E-state index in [0.29, 0.717) is 32.6 Å². The minimum Gasteiger partial charge on any atom is -0.490 e. The zero-order valence-electron chi connectivity index (χ0n) is 16.7. The van der Waals surface area contributed by atoms with Gasteiger partial charge < -0.3 is 14.8 Å². The molecule has 0 aromatic heterocycles. The van der Waals surface area contributed by atoms with E-state index in [4.69, 9.17) is 9.47 Å². The Labute approximate surface area is 162 Å². The lowest BCUT2D eigenvalue weighted by molar-refractivity contribution is -0.121. The van der Waals surface area contributed by atoms with Crippen LogP contribution in [0.4, 0.5) is 0 Å². The lowest BCUT2D eigenvalue weighted by atomic mass is 10.1. The fourth-order valence-corrected chi connectivity index (χ4v) is 2.87. The summed E-state index contributed by atoms with van der Waals surface area (Å²) in [5.41, 5.74) is 3.67. The summed E-state index contributed by atoms with van der Waals surface area (Å²) in [6.45, 7) is 7.89. The van der Waals surface area contributed by atoms with Gasteiger partial charge in [0, 0.05) is 13.0 Å². The van der Waals surface area contributed by atoms with Crippen LogP contribution >= 0.6 is 0 Å². The summed E-state index contributed by atoms with van der Waals surface area (Å²) in [5.74, 6) is 1.59. The molecular formula is C23H31NO3. The van der Waals surface area contributed by atoms with Crippen LogP contribution in [0.25, 0.3) is 0 Å². The third-order valence-electron chi connectivity index (χ3n) is 4.33. The molecule has 0 aliphatic rings. The number of benzene rings is 2. The van der Waals surface area contributed by atoms with E-state index in [-0.39, 0.29) is 5.91 Å². The summed E-state index contributed by atoms with van der Waals surface area (Å²) in [5, 5.41) is 3.01. The number of aryl methyl sites for hydroxylation is 3. The summed E-state index contributed by atoms with van der Waals surface area (Å²) >= 11 is 0. The Morgan fingerprint density at radius 3 is 2.26 bits per heavy atom. The van der Waals surface area contributed by atoms with Gasteiger partial charge >= 0.3 is 0 Å². The quantitative estimate of drug-likeness (QED) is 0.594. The van der Waals surface area contributed by atoms with Crippen LogP contribution in [0.15, 0.2) is 42.5 Å². The fourth-order valence-electron chi connectivity index (χ4n) is 2.87. The van der Waals surface area contributed by atoms with Gasteiger partial charge in [-0.25, -0.2) is 0 Å². The van der Waals surface area contributed by atoms with Crippen LogP contribution in [0.5, 0.6) is 11.5 Å². The van der Waals surface area contributed by atoms with Gasteiger partial charge in [0.1, 0.15) is 0 Å². The normalized spacial score (nSPS) is 10.5. The number of nitrogens with one attached hydrogen (secondary N) is 1. The predicted molar refractivity (Wildman–Crippen MR) is 110 cm³/mol. The van der Waals surface area contributed by atoms with E-state index in [1.54, 1.807) is 0 Å². The third-order valence-corrected chi connectivity index (χ3v) is 4.33. The van der Waals surface area contributed by atoms with Crippen molar-refractivity contribution < 1.29 is 14.3 Å². The number of rotatable bonds is 11. The number of hydrogen-bond donors (Lipinski definition) is 1. The summed E-state index contributed by atoms with van der Waals surface area (Å²) < 4.78 is 11.2. The van der Waals surface area contributed by atoms with Gasteiger partial charge in [-0.3, -0.25) is 4.79 Å². The zero-order chi connectivity index (χ0) is 19.5. The van der Waals surface area contributed by atoms with Crippen LogP contribution in [-0.2, 0) is 17.6 Å². The summed E-state index contributed by atoms with van der Waals surface area (Å²) in [4.78, 5) is 12.1. The maximum Gasteiger partial charge on any atom is 0.220 e. The molecule has 0 radical (unpaired) electrons. The second-order valence-corrected chi connectivity index (χ2v) is 6.59. The van der Waals surface area contributed by atoms with E-state index in [9.17, 15) is 4.79 Å². The predicted octanol–water partition coefficient (Wildman–Crippen LogP) is 4.47. The minimum atomic E-state index is 0.0887. The highest BCUT2D eigenvalue weighted by Crippen LogP contribution is 2.28. The second-order valence-electron chi connectivity index (χ2n) is 6.59. The van der Waals surface area contributed by atoms with Gasteiger partial charge in [0.05, 0.1) is 13.2 Å². The molecule has 4 nitrogen and oxygen atoms in total. The largest absolute Gasteiger partial charge is 0.490 e. The number of ether oxygens (including phenoxy) is 2. The molecule has 0 saturated carbocycles. The highest BCUT2D eigenvalue weighted by molar-refractivity contribution is 5.76. The maximum atomic E-state index is 12.1. The number of carbonyl (C=O) groups is 1. The zero-order valence-corrected chi connectivity index (χ0v) is 16.7. The number of amides is 1. The van der Waals surface area contributed by atoms with Crippen molar-refractivity contribution in [3.63, 3.8) is 0 Å². The average molecular weight is 370 g/mol. The Kier molecular flexibility index (Phi) is 8.69. The number of carbonyl (C=O) groups excluding carboxylic acids is 1. The van der Waals surface area contributed by atoms with E-state index in [1.807, 2.05) is 32.0 Å². The Hall–Kier alpha value is -2.49. The molecule has 0 heterocycles. The molecule has 1 amide bonds. The Morgan fingerprint density at radius 1 is 0.889 bits per heavy atom. The third kappa shape index (κ3) is 7.33. The molecule has 4 heteroatoms. The molecule has 0 spiro atoms. The Bertz CT molecular complexity index is 710. The van der Waals surface area contributed by atoms with Crippen LogP contribution < -0.4 is 14.8 Å². The van der Waals surface area contributed by atoms with E-state index in [0.717, 1.165) is 29.9 Å². The van der Waals surface area contributed by atoms with Crippen LogP contribution in [0, 0.1) is 6.92 Å². The van der Waals surface area contributed by atoms with Crippen LogP contribution in [0.1, 0.15) is 43.4 Å². The van der Waals surface area contributed by atoms with Gasteiger partial charge in [-0.2, -0.15) is 0 Å². The molecule has 0 atom stereocenters. The first-order valence-electron chi connectivity index (χ1n) is 9.83. The van der Waals surface area contributed by atoms with E-state index in [2.05, 4.69) is 36.5 Å². The minimum absolute atomic E-state index is 0.0887. The van der Waals surface area contributed by atoms with Gasteiger partial charge in [0.25, 0.3) is 0 Å². The van der Waals surface area contributed by atoms with Crippen molar-refractivity contribution >= 4 is 5.91 Å². The lowest BCUT2D eigenvalue weighted by Crippen LogP contribution is -2.25. The molecule has 0 aliphatic carbocycles. The van der Waals surface area contributed by atoms with Crippen LogP contribution in [-0.4, -0.2) is 25.7 Å². The van der Waals surface area contributed by atoms with E-state index < -0.39 is 0 Å². The van der Waals surface area contributed by atoms with Crippen molar-refractivity contribution in [1.29, 1.82) is 0 Å². The smallest absolute Gasteiger partial charge is 0.220 e. The molecule has 146 valence electrons.